The molecule has 0 atom stereocenters. The maximum absolute atomic E-state index is 6.10. The first-order valence-electron chi connectivity index (χ1n) is 5.90. The summed E-state index contributed by atoms with van der Waals surface area (Å²) in [7, 11) is 1.92. The molecule has 0 saturated heterocycles. The van der Waals surface area contributed by atoms with Gasteiger partial charge in [-0.3, -0.25) is 0 Å². The molecule has 1 aromatic rings. The van der Waals surface area contributed by atoms with Crippen LogP contribution in [0.25, 0.3) is 0 Å². The summed E-state index contributed by atoms with van der Waals surface area (Å²) in [5.41, 5.74) is 2.57. The summed E-state index contributed by atoms with van der Waals surface area (Å²) in [5.74, 6) is 1.02. The Bertz CT molecular complexity index is 429. The maximum Gasteiger partial charge on any atom is 0.129 e. The van der Waals surface area contributed by atoms with Crippen molar-refractivity contribution in [2.24, 2.45) is 0 Å². The molecule has 0 saturated carbocycles. The molecule has 0 aromatic carbocycles. The smallest absolute Gasteiger partial charge is 0.129 e. The number of pyridine rings is 1. The van der Waals surface area contributed by atoms with Gasteiger partial charge in [0.2, 0.25) is 0 Å². The molecule has 3 nitrogen and oxygen atoms in total. The second kappa shape index (κ2) is 5.52. The summed E-state index contributed by atoms with van der Waals surface area (Å²) < 4.78 is 0. The van der Waals surface area contributed by atoms with Gasteiger partial charge in [-0.15, -0.1) is 0 Å². The minimum Gasteiger partial charge on any atom is -0.353 e. The highest BCUT2D eigenvalue weighted by Gasteiger charge is 2.12. The van der Waals surface area contributed by atoms with Crippen molar-refractivity contribution >= 4 is 17.4 Å². The molecule has 0 radical (unpaired) electrons. The van der Waals surface area contributed by atoms with E-state index >= 15 is 0 Å². The summed E-state index contributed by atoms with van der Waals surface area (Å²) >= 11 is 6.10. The highest BCUT2D eigenvalue weighted by atomic mass is 35.5. The summed E-state index contributed by atoms with van der Waals surface area (Å²) in [6.45, 7) is 4.94. The van der Waals surface area contributed by atoms with Gasteiger partial charge in [0.1, 0.15) is 5.82 Å². The lowest BCUT2D eigenvalue weighted by Crippen LogP contribution is -2.29. The molecule has 1 aliphatic heterocycles. The predicted octanol–water partition coefficient (Wildman–Crippen LogP) is 2.61. The lowest BCUT2D eigenvalue weighted by Gasteiger charge is -2.27. The monoisotopic (exact) mass is 251 g/mol. The highest BCUT2D eigenvalue weighted by molar-refractivity contribution is 6.31. The largest absolute Gasteiger partial charge is 0.353 e. The van der Waals surface area contributed by atoms with Crippen LogP contribution in [0.1, 0.15) is 18.9 Å². The summed E-state index contributed by atoms with van der Waals surface area (Å²) in [5, 5.41) is 3.85. The van der Waals surface area contributed by atoms with Crippen LogP contribution in [-0.2, 0) is 6.54 Å². The minimum absolute atomic E-state index is 0.729. The average molecular weight is 252 g/mol. The topological polar surface area (TPSA) is 28.2 Å². The van der Waals surface area contributed by atoms with Gasteiger partial charge in [-0.1, -0.05) is 23.3 Å². The van der Waals surface area contributed by atoms with Crippen LogP contribution in [0.3, 0.4) is 0 Å². The van der Waals surface area contributed by atoms with Crippen molar-refractivity contribution in [1.29, 1.82) is 0 Å². The first-order valence-corrected chi connectivity index (χ1v) is 6.28. The Morgan fingerprint density at radius 2 is 2.35 bits per heavy atom. The van der Waals surface area contributed by atoms with E-state index in [0.29, 0.717) is 0 Å². The Labute approximate surface area is 107 Å². The molecule has 2 heterocycles. The SMILES string of the molecule is CNCc1cc(N2CC=C(C)CC2)ncc1Cl. The average Bonchev–Trinajstić information content (AvgIpc) is 2.33. The van der Waals surface area contributed by atoms with E-state index in [1.165, 1.54) is 5.57 Å². The molecule has 17 heavy (non-hydrogen) atoms. The molecule has 0 spiro atoms. The van der Waals surface area contributed by atoms with Gasteiger partial charge in [-0.2, -0.15) is 0 Å². The fourth-order valence-corrected chi connectivity index (χ4v) is 2.12. The number of hydrogen-bond acceptors (Lipinski definition) is 3. The van der Waals surface area contributed by atoms with E-state index in [9.17, 15) is 0 Å². The van der Waals surface area contributed by atoms with Crippen molar-refractivity contribution in [1.82, 2.24) is 10.3 Å². The van der Waals surface area contributed by atoms with E-state index in [-0.39, 0.29) is 0 Å². The number of rotatable bonds is 3. The van der Waals surface area contributed by atoms with E-state index in [4.69, 9.17) is 11.6 Å². The van der Waals surface area contributed by atoms with Gasteiger partial charge in [0.05, 0.1) is 5.02 Å². The molecule has 0 amide bonds. The predicted molar refractivity (Wildman–Crippen MR) is 72.6 cm³/mol. The molecule has 92 valence electrons. The summed E-state index contributed by atoms with van der Waals surface area (Å²) in [4.78, 5) is 6.69. The van der Waals surface area contributed by atoms with Gasteiger partial charge in [-0.25, -0.2) is 4.98 Å². The molecule has 1 N–H and O–H groups in total. The summed E-state index contributed by atoms with van der Waals surface area (Å²) in [6.07, 6.45) is 5.12. The van der Waals surface area contributed by atoms with Crippen LogP contribution in [0, 0.1) is 0 Å². The van der Waals surface area contributed by atoms with Crippen LogP contribution in [0.4, 0.5) is 5.82 Å². The van der Waals surface area contributed by atoms with E-state index in [1.807, 2.05) is 7.05 Å². The lowest BCUT2D eigenvalue weighted by atomic mass is 10.1. The Morgan fingerprint density at radius 1 is 1.53 bits per heavy atom. The second-order valence-corrected chi connectivity index (χ2v) is 4.82. The fraction of sp³-hybridized carbons (Fsp3) is 0.462. The van der Waals surface area contributed by atoms with E-state index in [1.54, 1.807) is 6.20 Å². The van der Waals surface area contributed by atoms with Crippen molar-refractivity contribution in [3.63, 3.8) is 0 Å². The first kappa shape index (κ1) is 12.4. The molecule has 1 aliphatic rings. The van der Waals surface area contributed by atoms with Crippen molar-refractivity contribution in [2.75, 3.05) is 25.0 Å². The van der Waals surface area contributed by atoms with Crippen LogP contribution in [-0.4, -0.2) is 25.1 Å². The molecule has 4 heteroatoms. The fourth-order valence-electron chi connectivity index (χ4n) is 1.95. The van der Waals surface area contributed by atoms with Crippen molar-refractivity contribution in [2.45, 2.75) is 19.9 Å². The Balaban J connectivity index is 2.19. The summed E-state index contributed by atoms with van der Waals surface area (Å²) in [6, 6.07) is 2.08. The standard InChI is InChI=1S/C13H18ClN3/c1-10-3-5-17(6-4-10)13-7-11(8-15-2)12(14)9-16-13/h3,7,9,15H,4-6,8H2,1-2H3. The van der Waals surface area contributed by atoms with Gasteiger partial charge in [0.15, 0.2) is 0 Å². The number of nitrogens with one attached hydrogen (secondary N) is 1. The molecule has 1 aromatic heterocycles. The van der Waals surface area contributed by atoms with Gasteiger partial charge >= 0.3 is 0 Å². The van der Waals surface area contributed by atoms with Gasteiger partial charge in [0, 0.05) is 25.8 Å². The molecule has 2 rings (SSSR count). The maximum atomic E-state index is 6.10. The van der Waals surface area contributed by atoms with Gasteiger partial charge in [0.25, 0.3) is 0 Å². The zero-order valence-electron chi connectivity index (χ0n) is 10.3. The Hall–Kier alpha value is -1.06. The molecular weight excluding hydrogens is 234 g/mol. The van der Waals surface area contributed by atoms with Gasteiger partial charge in [-0.05, 0) is 32.0 Å². The molecule has 0 aliphatic carbocycles. The third-order valence-electron chi connectivity index (χ3n) is 3.05. The Kier molecular flexibility index (Phi) is 4.02. The normalized spacial score (nSPS) is 15.9. The first-order chi connectivity index (χ1) is 8.20. The molecule has 0 fully saturated rings. The number of nitrogens with zero attached hydrogens (tertiary/aromatic N) is 2. The number of anilines is 1. The number of halogens is 1. The van der Waals surface area contributed by atoms with Gasteiger partial charge < -0.3 is 10.2 Å². The van der Waals surface area contributed by atoms with Crippen molar-refractivity contribution in [3.05, 3.63) is 34.5 Å². The number of hydrogen-bond donors (Lipinski definition) is 1. The second-order valence-electron chi connectivity index (χ2n) is 4.41. The number of aromatic nitrogens is 1. The molecule has 0 unspecified atom stereocenters. The van der Waals surface area contributed by atoms with Crippen LogP contribution >= 0.6 is 11.6 Å². The van der Waals surface area contributed by atoms with E-state index in [0.717, 1.165) is 42.5 Å². The molecule has 0 bridgehead atoms. The minimum atomic E-state index is 0.729. The molecular formula is C13H18ClN3. The van der Waals surface area contributed by atoms with Crippen LogP contribution in [0.5, 0.6) is 0 Å². The van der Waals surface area contributed by atoms with E-state index < -0.39 is 0 Å². The highest BCUT2D eigenvalue weighted by Crippen LogP contribution is 2.22. The van der Waals surface area contributed by atoms with Crippen molar-refractivity contribution < 1.29 is 0 Å². The Morgan fingerprint density at radius 3 is 3.00 bits per heavy atom. The van der Waals surface area contributed by atoms with Crippen molar-refractivity contribution in [3.8, 4) is 0 Å². The zero-order chi connectivity index (χ0) is 12.3. The van der Waals surface area contributed by atoms with Crippen LogP contribution < -0.4 is 10.2 Å². The quantitative estimate of drug-likeness (QED) is 0.837. The van der Waals surface area contributed by atoms with Crippen LogP contribution in [0.2, 0.25) is 5.02 Å². The lowest BCUT2D eigenvalue weighted by molar-refractivity contribution is 0.769. The van der Waals surface area contributed by atoms with E-state index in [2.05, 4.69) is 34.3 Å². The third-order valence-corrected chi connectivity index (χ3v) is 3.39. The third kappa shape index (κ3) is 2.99. The van der Waals surface area contributed by atoms with Crippen LogP contribution in [0.15, 0.2) is 23.9 Å². The zero-order valence-corrected chi connectivity index (χ0v) is 11.1.